The Balaban J connectivity index is 2.07. The molecule has 3 saturated heterocycles. The van der Waals surface area contributed by atoms with Crippen molar-refractivity contribution in [2.45, 2.75) is 18.9 Å². The van der Waals surface area contributed by atoms with Crippen LogP contribution in [0, 0.1) is 24.2 Å². The molecule has 3 fully saturated rings. The number of hydrogen-bond acceptors (Lipinski definition) is 2. The van der Waals surface area contributed by atoms with E-state index >= 15 is 0 Å². The van der Waals surface area contributed by atoms with Crippen LogP contribution in [0.25, 0.3) is 0 Å². The first-order chi connectivity index (χ1) is 5.85. The van der Waals surface area contributed by atoms with E-state index in [0.29, 0.717) is 24.5 Å². The summed E-state index contributed by atoms with van der Waals surface area (Å²) in [5.74, 6) is 3.98. The van der Waals surface area contributed by atoms with Crippen LogP contribution in [-0.2, 0) is 0 Å². The van der Waals surface area contributed by atoms with E-state index in [0.717, 1.165) is 19.5 Å². The van der Waals surface area contributed by atoms with Crippen LogP contribution < -0.4 is 0 Å². The summed E-state index contributed by atoms with van der Waals surface area (Å²) in [6.45, 7) is 2.44. The number of aliphatic hydroxyl groups excluding tert-OH is 1. The van der Waals surface area contributed by atoms with Gasteiger partial charge >= 0.3 is 0 Å². The minimum atomic E-state index is 0.299. The van der Waals surface area contributed by atoms with Crippen molar-refractivity contribution in [3.63, 3.8) is 0 Å². The normalized spacial score (nSPS) is 45.7. The zero-order valence-electron chi connectivity index (χ0n) is 7.24. The number of piperidine rings is 3. The van der Waals surface area contributed by atoms with Gasteiger partial charge in [0.15, 0.2) is 0 Å². The molecule has 3 aliphatic heterocycles. The minimum Gasteiger partial charge on any atom is -0.395 e. The number of rotatable bonds is 1. The summed E-state index contributed by atoms with van der Waals surface area (Å²) >= 11 is 0. The molecule has 4 atom stereocenters. The van der Waals surface area contributed by atoms with Crippen LogP contribution in [0.1, 0.15) is 12.8 Å². The molecule has 1 unspecified atom stereocenters. The van der Waals surface area contributed by atoms with Crippen LogP contribution >= 0.6 is 0 Å². The predicted octanol–water partition coefficient (Wildman–Crippen LogP) is 0.322. The molecule has 2 nitrogen and oxygen atoms in total. The number of nitrogens with zero attached hydrogens (tertiary/aromatic N) is 1. The molecule has 3 rings (SSSR count). The zero-order chi connectivity index (χ0) is 8.55. The Morgan fingerprint density at radius 2 is 2.42 bits per heavy atom. The van der Waals surface area contributed by atoms with Crippen molar-refractivity contribution >= 4 is 0 Å². The molecule has 0 saturated carbocycles. The van der Waals surface area contributed by atoms with Gasteiger partial charge in [0, 0.05) is 18.5 Å². The molecular weight excluding hydrogens is 150 g/mol. The van der Waals surface area contributed by atoms with Gasteiger partial charge in [0.2, 0.25) is 0 Å². The molecule has 12 heavy (non-hydrogen) atoms. The van der Waals surface area contributed by atoms with Crippen molar-refractivity contribution in [2.75, 3.05) is 19.7 Å². The second-order valence-corrected chi connectivity index (χ2v) is 3.89. The Morgan fingerprint density at radius 1 is 1.58 bits per heavy atom. The standard InChI is InChI=1S/C10H15NO/c1-2-8-6-11-4-3-9(8)5-10(11)7-12/h1,8-10,12H,3-7H2/t8-,9-,10-/m0/s1. The number of hydrogen-bond donors (Lipinski definition) is 1. The van der Waals surface area contributed by atoms with E-state index in [1.165, 1.54) is 6.42 Å². The molecule has 0 spiro atoms. The highest BCUT2D eigenvalue weighted by Gasteiger charge is 2.38. The Hall–Kier alpha value is -0.520. The summed E-state index contributed by atoms with van der Waals surface area (Å²) in [7, 11) is 0. The lowest BCUT2D eigenvalue weighted by molar-refractivity contribution is -0.00366. The first-order valence-electron chi connectivity index (χ1n) is 4.66. The van der Waals surface area contributed by atoms with Crippen LogP contribution in [0.4, 0.5) is 0 Å². The molecule has 1 N–H and O–H groups in total. The van der Waals surface area contributed by atoms with Gasteiger partial charge in [0.1, 0.15) is 0 Å². The lowest BCUT2D eigenvalue weighted by Gasteiger charge is -2.47. The van der Waals surface area contributed by atoms with Gasteiger partial charge in [-0.2, -0.15) is 0 Å². The Bertz CT molecular complexity index is 208. The van der Waals surface area contributed by atoms with Crippen molar-refractivity contribution in [1.82, 2.24) is 4.90 Å². The predicted molar refractivity (Wildman–Crippen MR) is 47.5 cm³/mol. The maximum Gasteiger partial charge on any atom is 0.0586 e. The monoisotopic (exact) mass is 165 g/mol. The lowest BCUT2D eigenvalue weighted by Crippen LogP contribution is -2.54. The van der Waals surface area contributed by atoms with Gasteiger partial charge in [0.05, 0.1) is 6.61 Å². The molecule has 0 aromatic heterocycles. The molecule has 0 radical (unpaired) electrons. The van der Waals surface area contributed by atoms with Gasteiger partial charge in [-0.05, 0) is 25.3 Å². The minimum absolute atomic E-state index is 0.299. The van der Waals surface area contributed by atoms with E-state index in [1.54, 1.807) is 0 Å². The van der Waals surface area contributed by atoms with Gasteiger partial charge in [-0.25, -0.2) is 0 Å². The van der Waals surface area contributed by atoms with E-state index in [1.807, 2.05) is 0 Å². The molecule has 2 heteroatoms. The van der Waals surface area contributed by atoms with Crippen molar-refractivity contribution in [1.29, 1.82) is 0 Å². The Morgan fingerprint density at radius 3 is 2.92 bits per heavy atom. The third kappa shape index (κ3) is 1.14. The van der Waals surface area contributed by atoms with Crippen LogP contribution in [0.15, 0.2) is 0 Å². The van der Waals surface area contributed by atoms with Gasteiger partial charge < -0.3 is 5.11 Å². The van der Waals surface area contributed by atoms with Gasteiger partial charge in [0.25, 0.3) is 0 Å². The topological polar surface area (TPSA) is 23.5 Å². The highest BCUT2D eigenvalue weighted by molar-refractivity contribution is 5.05. The van der Waals surface area contributed by atoms with E-state index in [-0.39, 0.29) is 0 Å². The SMILES string of the molecule is C#C[C@H]1CN2CC[C@H]1C[C@H]2CO. The molecule has 3 heterocycles. The average molecular weight is 165 g/mol. The summed E-state index contributed by atoms with van der Waals surface area (Å²) in [5, 5.41) is 9.08. The third-order valence-corrected chi connectivity index (χ3v) is 3.30. The molecule has 66 valence electrons. The average Bonchev–Trinajstić information content (AvgIpc) is 2.18. The maximum atomic E-state index is 9.08. The van der Waals surface area contributed by atoms with Gasteiger partial charge in [-0.3, -0.25) is 4.90 Å². The summed E-state index contributed by atoms with van der Waals surface area (Å²) in [6, 6.07) is 0.397. The third-order valence-electron chi connectivity index (χ3n) is 3.30. The van der Waals surface area contributed by atoms with Crippen LogP contribution in [0.2, 0.25) is 0 Å². The largest absolute Gasteiger partial charge is 0.395 e. The smallest absolute Gasteiger partial charge is 0.0586 e. The number of fused-ring (bicyclic) bond motifs is 3. The van der Waals surface area contributed by atoms with E-state index in [9.17, 15) is 0 Å². The fraction of sp³-hybridized carbons (Fsp3) is 0.800. The van der Waals surface area contributed by atoms with Crippen molar-refractivity contribution in [2.24, 2.45) is 11.8 Å². The highest BCUT2D eigenvalue weighted by Crippen LogP contribution is 2.35. The Kier molecular flexibility index (Phi) is 2.08. The second kappa shape index (κ2) is 3.08. The van der Waals surface area contributed by atoms with Gasteiger partial charge in [-0.1, -0.05) is 0 Å². The van der Waals surface area contributed by atoms with Crippen LogP contribution in [0.3, 0.4) is 0 Å². The second-order valence-electron chi connectivity index (χ2n) is 3.89. The van der Waals surface area contributed by atoms with Gasteiger partial charge in [-0.15, -0.1) is 12.3 Å². The first kappa shape index (κ1) is 8.10. The molecular formula is C10H15NO. The van der Waals surface area contributed by atoms with E-state index < -0.39 is 0 Å². The highest BCUT2D eigenvalue weighted by atomic mass is 16.3. The maximum absolute atomic E-state index is 9.08. The fourth-order valence-electron chi connectivity index (χ4n) is 2.52. The fourth-order valence-corrected chi connectivity index (χ4v) is 2.52. The molecule has 3 aliphatic rings. The van der Waals surface area contributed by atoms with Crippen LogP contribution in [0.5, 0.6) is 0 Å². The molecule has 2 bridgehead atoms. The molecule has 0 amide bonds. The van der Waals surface area contributed by atoms with Crippen molar-refractivity contribution < 1.29 is 5.11 Å². The summed E-state index contributed by atoms with van der Waals surface area (Å²) in [4.78, 5) is 2.34. The van der Waals surface area contributed by atoms with E-state index in [4.69, 9.17) is 11.5 Å². The zero-order valence-corrected chi connectivity index (χ0v) is 7.24. The van der Waals surface area contributed by atoms with Crippen molar-refractivity contribution in [3.8, 4) is 12.3 Å². The lowest BCUT2D eigenvalue weighted by atomic mass is 9.76. The Labute approximate surface area is 73.6 Å². The summed E-state index contributed by atoms with van der Waals surface area (Å²) in [5.41, 5.74) is 0. The number of aliphatic hydroxyl groups is 1. The van der Waals surface area contributed by atoms with Crippen molar-refractivity contribution in [3.05, 3.63) is 0 Å². The van der Waals surface area contributed by atoms with E-state index in [2.05, 4.69) is 10.8 Å². The molecule has 0 aromatic rings. The molecule has 0 aromatic carbocycles. The number of terminal acetylenes is 1. The quantitative estimate of drug-likeness (QED) is 0.566. The molecule has 0 aliphatic carbocycles. The summed E-state index contributed by atoms with van der Waals surface area (Å²) in [6.07, 6.45) is 7.77. The van der Waals surface area contributed by atoms with Crippen LogP contribution in [-0.4, -0.2) is 35.7 Å². The summed E-state index contributed by atoms with van der Waals surface area (Å²) < 4.78 is 0. The first-order valence-corrected chi connectivity index (χ1v) is 4.66.